The molecule has 1 fully saturated rings. The fourth-order valence-electron chi connectivity index (χ4n) is 3.47. The smallest absolute Gasteiger partial charge is 0.257 e. The van der Waals surface area contributed by atoms with E-state index in [2.05, 4.69) is 5.32 Å². The third-order valence-electron chi connectivity index (χ3n) is 5.19. The molecule has 1 aliphatic rings. The summed E-state index contributed by atoms with van der Waals surface area (Å²) in [6.45, 7) is 3.62. The van der Waals surface area contributed by atoms with Crippen LogP contribution in [0.5, 0.6) is 0 Å². The van der Waals surface area contributed by atoms with Crippen molar-refractivity contribution in [2.45, 2.75) is 26.3 Å². The Morgan fingerprint density at radius 3 is 2.37 bits per heavy atom. The summed E-state index contributed by atoms with van der Waals surface area (Å²) in [4.78, 5) is 26.3. The molecule has 1 N–H and O–H groups in total. The highest BCUT2D eigenvalue weighted by molar-refractivity contribution is 7.91. The fourth-order valence-corrected chi connectivity index (χ4v) is 5.14. The molecule has 30 heavy (non-hydrogen) atoms. The zero-order valence-corrected chi connectivity index (χ0v) is 17.8. The summed E-state index contributed by atoms with van der Waals surface area (Å²) in [6, 6.07) is 11.6. The van der Waals surface area contributed by atoms with Gasteiger partial charge in [0, 0.05) is 12.6 Å². The van der Waals surface area contributed by atoms with Gasteiger partial charge in [0.1, 0.15) is 5.82 Å². The van der Waals surface area contributed by atoms with Gasteiger partial charge in [0.05, 0.1) is 23.6 Å². The molecule has 2 aromatic carbocycles. The number of halogens is 1. The maximum atomic E-state index is 14.7. The molecule has 1 aliphatic heterocycles. The van der Waals surface area contributed by atoms with E-state index in [9.17, 15) is 22.4 Å². The molecular formula is C22H25FN2O4S. The van der Waals surface area contributed by atoms with Crippen LogP contribution in [-0.4, -0.2) is 55.8 Å². The van der Waals surface area contributed by atoms with Gasteiger partial charge in [-0.1, -0.05) is 35.9 Å². The normalized spacial score (nSPS) is 17.5. The lowest BCUT2D eigenvalue weighted by molar-refractivity contribution is -0.122. The molecule has 0 saturated carbocycles. The molecule has 0 aliphatic carbocycles. The number of aryl methyl sites for hydroxylation is 1. The Bertz CT molecular complexity index is 1050. The zero-order chi connectivity index (χ0) is 21.9. The molecule has 160 valence electrons. The molecule has 0 bridgehead atoms. The number of likely N-dealkylation sites (N-methyl/N-ethyl adjacent to an activating group) is 1. The van der Waals surface area contributed by atoms with Gasteiger partial charge < -0.3 is 10.2 Å². The van der Waals surface area contributed by atoms with Crippen molar-refractivity contribution in [2.75, 3.05) is 24.6 Å². The van der Waals surface area contributed by atoms with Crippen LogP contribution in [0.4, 0.5) is 4.39 Å². The first-order chi connectivity index (χ1) is 14.2. The fraction of sp³-hybridized carbons (Fsp3) is 0.364. The van der Waals surface area contributed by atoms with Crippen LogP contribution in [-0.2, 0) is 14.6 Å². The zero-order valence-electron chi connectivity index (χ0n) is 17.0. The average molecular weight is 433 g/mol. The van der Waals surface area contributed by atoms with E-state index >= 15 is 0 Å². The molecule has 0 radical (unpaired) electrons. The number of hydrogen-bond acceptors (Lipinski definition) is 4. The third kappa shape index (κ3) is 5.24. The molecule has 3 rings (SSSR count). The van der Waals surface area contributed by atoms with Crippen molar-refractivity contribution in [3.8, 4) is 11.1 Å². The molecule has 8 heteroatoms. The third-order valence-corrected chi connectivity index (χ3v) is 6.95. The van der Waals surface area contributed by atoms with E-state index in [1.165, 1.54) is 17.0 Å². The summed E-state index contributed by atoms with van der Waals surface area (Å²) in [5.74, 6) is -1.73. The molecule has 1 unspecified atom stereocenters. The molecule has 1 atom stereocenters. The maximum Gasteiger partial charge on any atom is 0.257 e. The maximum absolute atomic E-state index is 14.7. The molecule has 0 spiro atoms. The quantitative estimate of drug-likeness (QED) is 0.761. The van der Waals surface area contributed by atoms with Gasteiger partial charge in [-0.05, 0) is 43.5 Å². The van der Waals surface area contributed by atoms with E-state index in [0.29, 0.717) is 12.0 Å². The van der Waals surface area contributed by atoms with Crippen LogP contribution in [0.2, 0.25) is 0 Å². The Labute approximate surface area is 176 Å². The number of benzene rings is 2. The topological polar surface area (TPSA) is 83.6 Å². The number of carbonyl (C=O) groups excluding carboxylic acids is 2. The van der Waals surface area contributed by atoms with E-state index in [4.69, 9.17) is 0 Å². The predicted molar refractivity (Wildman–Crippen MR) is 113 cm³/mol. The second-order valence-corrected chi connectivity index (χ2v) is 9.78. The van der Waals surface area contributed by atoms with Gasteiger partial charge in [-0.2, -0.15) is 0 Å². The molecule has 1 heterocycles. The van der Waals surface area contributed by atoms with Crippen molar-refractivity contribution in [1.29, 1.82) is 0 Å². The Balaban J connectivity index is 1.69. The van der Waals surface area contributed by atoms with Gasteiger partial charge in [-0.25, -0.2) is 12.8 Å². The van der Waals surface area contributed by atoms with Crippen LogP contribution < -0.4 is 5.32 Å². The molecular weight excluding hydrogens is 407 g/mol. The monoisotopic (exact) mass is 432 g/mol. The van der Waals surface area contributed by atoms with Crippen LogP contribution in [0, 0.1) is 12.7 Å². The van der Waals surface area contributed by atoms with Crippen molar-refractivity contribution in [2.24, 2.45) is 0 Å². The van der Waals surface area contributed by atoms with Crippen molar-refractivity contribution in [3.05, 3.63) is 59.4 Å². The number of nitrogens with one attached hydrogen (secondary N) is 1. The summed E-state index contributed by atoms with van der Waals surface area (Å²) in [7, 11) is -3.11. The van der Waals surface area contributed by atoms with E-state index < -0.39 is 33.5 Å². The van der Waals surface area contributed by atoms with E-state index in [1.807, 2.05) is 31.2 Å². The molecule has 0 aromatic heterocycles. The Hall–Kier alpha value is -2.74. The summed E-state index contributed by atoms with van der Waals surface area (Å²) in [5.41, 5.74) is 2.49. The Morgan fingerprint density at radius 1 is 1.13 bits per heavy atom. The lowest BCUT2D eigenvalue weighted by atomic mass is 10.0. The molecule has 6 nitrogen and oxygen atoms in total. The Kier molecular flexibility index (Phi) is 6.55. The summed E-state index contributed by atoms with van der Waals surface area (Å²) >= 11 is 0. The number of nitrogens with zero attached hydrogens (tertiary/aromatic N) is 1. The van der Waals surface area contributed by atoms with Crippen LogP contribution in [0.1, 0.15) is 29.3 Å². The van der Waals surface area contributed by atoms with E-state index in [1.54, 1.807) is 13.0 Å². The summed E-state index contributed by atoms with van der Waals surface area (Å²) in [6.07, 6.45) is 0.364. The summed E-state index contributed by atoms with van der Waals surface area (Å²) in [5, 5.41) is 2.65. The largest absolute Gasteiger partial charge is 0.351 e. The van der Waals surface area contributed by atoms with Gasteiger partial charge in [-0.3, -0.25) is 9.59 Å². The van der Waals surface area contributed by atoms with Gasteiger partial charge in [-0.15, -0.1) is 0 Å². The lowest BCUT2D eigenvalue weighted by Crippen LogP contribution is -2.44. The Morgan fingerprint density at radius 2 is 1.80 bits per heavy atom. The van der Waals surface area contributed by atoms with Gasteiger partial charge in [0.15, 0.2) is 9.84 Å². The number of amides is 2. The number of carbonyl (C=O) groups is 2. The van der Waals surface area contributed by atoms with Crippen molar-refractivity contribution < 1.29 is 22.4 Å². The second kappa shape index (κ2) is 8.95. The van der Waals surface area contributed by atoms with Crippen molar-refractivity contribution in [3.63, 3.8) is 0 Å². The molecule has 2 amide bonds. The van der Waals surface area contributed by atoms with E-state index in [0.717, 1.165) is 11.1 Å². The first-order valence-corrected chi connectivity index (χ1v) is 11.7. The highest BCUT2D eigenvalue weighted by atomic mass is 32.2. The average Bonchev–Trinajstić information content (AvgIpc) is 3.04. The minimum atomic E-state index is -3.11. The van der Waals surface area contributed by atoms with Crippen molar-refractivity contribution in [1.82, 2.24) is 10.2 Å². The van der Waals surface area contributed by atoms with Crippen LogP contribution >= 0.6 is 0 Å². The van der Waals surface area contributed by atoms with Gasteiger partial charge in [0.2, 0.25) is 5.91 Å². The van der Waals surface area contributed by atoms with E-state index in [-0.39, 0.29) is 30.2 Å². The molecule has 2 aromatic rings. The minimum absolute atomic E-state index is 0.0485. The second-order valence-electron chi connectivity index (χ2n) is 7.55. The number of hydrogen-bond donors (Lipinski definition) is 1. The number of rotatable bonds is 6. The summed E-state index contributed by atoms with van der Waals surface area (Å²) < 4.78 is 37.7. The van der Waals surface area contributed by atoms with Crippen LogP contribution in [0.3, 0.4) is 0 Å². The first kappa shape index (κ1) is 22.0. The predicted octanol–water partition coefficient (Wildman–Crippen LogP) is 2.57. The lowest BCUT2D eigenvalue weighted by Gasteiger charge is -2.22. The highest BCUT2D eigenvalue weighted by Gasteiger charge is 2.29. The minimum Gasteiger partial charge on any atom is -0.351 e. The van der Waals surface area contributed by atoms with Gasteiger partial charge in [0.25, 0.3) is 5.91 Å². The van der Waals surface area contributed by atoms with Crippen molar-refractivity contribution >= 4 is 21.7 Å². The number of sulfone groups is 1. The van der Waals surface area contributed by atoms with Crippen LogP contribution in [0.25, 0.3) is 11.1 Å². The molecule has 1 saturated heterocycles. The van der Waals surface area contributed by atoms with Gasteiger partial charge >= 0.3 is 0 Å². The first-order valence-electron chi connectivity index (χ1n) is 9.84. The SMILES string of the molecule is CCN(CC(=O)NC1CCS(=O)(=O)C1)C(=O)c1ccc(-c2ccc(C)cc2)cc1F. The highest BCUT2D eigenvalue weighted by Crippen LogP contribution is 2.23. The standard InChI is InChI=1S/C22H25FN2O4S/c1-3-25(13-21(26)24-18-10-11-30(28,29)14-18)22(27)19-9-8-17(12-20(19)23)16-6-4-15(2)5-7-16/h4-9,12,18H,3,10-11,13-14H2,1-2H3,(H,24,26). The van der Waals surface area contributed by atoms with Crippen LogP contribution in [0.15, 0.2) is 42.5 Å².